The van der Waals surface area contributed by atoms with Crippen LogP contribution in [0.4, 0.5) is 5.69 Å². The lowest BCUT2D eigenvalue weighted by Gasteiger charge is -2.10. The molecule has 7 heteroatoms. The van der Waals surface area contributed by atoms with Crippen LogP contribution in [-0.4, -0.2) is 17.0 Å². The number of carbonyl (C=O) groups excluding carboxylic acids is 1. The lowest BCUT2D eigenvalue weighted by molar-refractivity contribution is -0.112. The molecular weight excluding hydrogens is 460 g/mol. The van der Waals surface area contributed by atoms with Crippen molar-refractivity contribution in [3.63, 3.8) is 0 Å². The molecule has 1 amide bonds. The highest BCUT2D eigenvalue weighted by Crippen LogP contribution is 2.23. The Bertz CT molecular complexity index is 1180. The molecule has 0 atom stereocenters. The number of anilines is 1. The van der Waals surface area contributed by atoms with E-state index in [4.69, 9.17) is 9.84 Å². The highest BCUT2D eigenvalue weighted by molar-refractivity contribution is 9.10. The zero-order valence-corrected chi connectivity index (χ0v) is 17.8. The van der Waals surface area contributed by atoms with E-state index >= 15 is 0 Å². The zero-order valence-electron chi connectivity index (χ0n) is 16.2. The van der Waals surface area contributed by atoms with Crippen LogP contribution in [0.15, 0.2) is 82.8 Å². The number of amides is 1. The maximum absolute atomic E-state index is 12.6. The summed E-state index contributed by atoms with van der Waals surface area (Å²) in [5, 5.41) is 21.1. The van der Waals surface area contributed by atoms with E-state index in [1.54, 1.807) is 30.3 Å². The first-order valence-electron chi connectivity index (χ1n) is 9.19. The van der Waals surface area contributed by atoms with Crippen LogP contribution in [0.1, 0.15) is 21.5 Å². The number of halogens is 1. The lowest BCUT2D eigenvalue weighted by Crippen LogP contribution is -2.14. The number of nitrogens with one attached hydrogen (secondary N) is 1. The molecule has 0 saturated carbocycles. The van der Waals surface area contributed by atoms with Gasteiger partial charge in [-0.15, -0.1) is 0 Å². The summed E-state index contributed by atoms with van der Waals surface area (Å²) in [5.74, 6) is -1.23. The first kappa shape index (κ1) is 21.8. The molecule has 0 aliphatic rings. The summed E-state index contributed by atoms with van der Waals surface area (Å²) in [4.78, 5) is 23.7. The Morgan fingerprint density at radius 3 is 2.52 bits per heavy atom. The largest absolute Gasteiger partial charge is 0.488 e. The fraction of sp³-hybridized carbons (Fsp3) is 0.0417. The molecule has 0 bridgehead atoms. The molecule has 6 nitrogen and oxygen atoms in total. The Balaban J connectivity index is 1.78. The fourth-order valence-corrected chi connectivity index (χ4v) is 2.97. The maximum Gasteiger partial charge on any atom is 0.335 e. The van der Waals surface area contributed by atoms with E-state index in [9.17, 15) is 14.9 Å². The minimum atomic E-state index is -1.11. The van der Waals surface area contributed by atoms with Gasteiger partial charge in [0.25, 0.3) is 5.91 Å². The topological polar surface area (TPSA) is 99.4 Å². The van der Waals surface area contributed by atoms with Crippen molar-refractivity contribution in [2.75, 3.05) is 5.32 Å². The molecular formula is C24H17BrN2O4. The van der Waals surface area contributed by atoms with E-state index < -0.39 is 11.9 Å². The third-order valence-electron chi connectivity index (χ3n) is 4.26. The SMILES string of the molecule is N#C/C(=C/c1ccccc1OCc1ccc(Br)cc1)C(=O)Nc1cccc(C(=O)O)c1. The first-order chi connectivity index (χ1) is 15.0. The second-order valence-electron chi connectivity index (χ2n) is 6.46. The minimum Gasteiger partial charge on any atom is -0.488 e. The summed E-state index contributed by atoms with van der Waals surface area (Å²) < 4.78 is 6.85. The molecule has 31 heavy (non-hydrogen) atoms. The summed E-state index contributed by atoms with van der Waals surface area (Å²) in [6.07, 6.45) is 1.44. The van der Waals surface area contributed by atoms with Crippen molar-refractivity contribution >= 4 is 39.6 Å². The number of carboxylic acids is 1. The summed E-state index contributed by atoms with van der Waals surface area (Å²) in [6.45, 7) is 0.328. The van der Waals surface area contributed by atoms with Crippen LogP contribution in [0.5, 0.6) is 5.75 Å². The van der Waals surface area contributed by atoms with Gasteiger partial charge in [0.1, 0.15) is 24.0 Å². The highest BCUT2D eigenvalue weighted by Gasteiger charge is 2.12. The number of rotatable bonds is 7. The third kappa shape index (κ3) is 6.04. The quantitative estimate of drug-likeness (QED) is 0.357. The van der Waals surface area contributed by atoms with E-state index in [1.165, 1.54) is 24.3 Å². The summed E-state index contributed by atoms with van der Waals surface area (Å²) in [5.41, 5.74) is 1.72. The van der Waals surface area contributed by atoms with Crippen LogP contribution in [0.2, 0.25) is 0 Å². The van der Waals surface area contributed by atoms with Gasteiger partial charge in [0.2, 0.25) is 0 Å². The molecule has 0 heterocycles. The average molecular weight is 477 g/mol. The summed E-state index contributed by atoms with van der Waals surface area (Å²) in [6, 6.07) is 22.5. The maximum atomic E-state index is 12.6. The molecule has 154 valence electrons. The number of aromatic carboxylic acids is 1. The molecule has 3 aromatic carbocycles. The van der Waals surface area contributed by atoms with Gasteiger partial charge in [-0.05, 0) is 48.0 Å². The van der Waals surface area contributed by atoms with Crippen molar-refractivity contribution in [3.05, 3.63) is 99.5 Å². The first-order valence-corrected chi connectivity index (χ1v) is 9.98. The van der Waals surface area contributed by atoms with Crippen molar-refractivity contribution in [2.45, 2.75) is 6.61 Å². The Morgan fingerprint density at radius 1 is 1.06 bits per heavy atom. The summed E-state index contributed by atoms with van der Waals surface area (Å²) >= 11 is 3.39. The van der Waals surface area contributed by atoms with Gasteiger partial charge in [-0.1, -0.05) is 52.3 Å². The fourth-order valence-electron chi connectivity index (χ4n) is 2.71. The second kappa shape index (κ2) is 10.2. The van der Waals surface area contributed by atoms with Crippen LogP contribution in [0.3, 0.4) is 0 Å². The predicted octanol–water partition coefficient (Wildman–Crippen LogP) is 5.27. The normalized spacial score (nSPS) is 10.8. The van der Waals surface area contributed by atoms with E-state index in [-0.39, 0.29) is 16.8 Å². The van der Waals surface area contributed by atoms with Crippen molar-refractivity contribution in [1.82, 2.24) is 0 Å². The van der Waals surface area contributed by atoms with Gasteiger partial charge < -0.3 is 15.2 Å². The monoisotopic (exact) mass is 476 g/mol. The molecule has 0 aliphatic carbocycles. The lowest BCUT2D eigenvalue weighted by atomic mass is 10.1. The standard InChI is InChI=1S/C24H17BrN2O4/c25-20-10-8-16(9-11-20)15-31-22-7-2-1-4-17(22)12-19(14-26)23(28)27-21-6-3-5-18(13-21)24(29)30/h1-13H,15H2,(H,27,28)(H,29,30)/b19-12-. The molecule has 0 aromatic heterocycles. The van der Waals surface area contributed by atoms with E-state index in [2.05, 4.69) is 21.2 Å². The van der Waals surface area contributed by atoms with Gasteiger partial charge in [0, 0.05) is 15.7 Å². The van der Waals surface area contributed by atoms with Gasteiger partial charge in [0.05, 0.1) is 5.56 Å². The molecule has 0 spiro atoms. The minimum absolute atomic E-state index is 0.0342. The van der Waals surface area contributed by atoms with Crippen molar-refractivity contribution in [2.24, 2.45) is 0 Å². The van der Waals surface area contributed by atoms with Crippen LogP contribution >= 0.6 is 15.9 Å². The molecule has 0 aliphatic heterocycles. The number of ether oxygens (including phenoxy) is 1. The van der Waals surface area contributed by atoms with Crippen LogP contribution < -0.4 is 10.1 Å². The number of hydrogen-bond acceptors (Lipinski definition) is 4. The number of hydrogen-bond donors (Lipinski definition) is 2. The van der Waals surface area contributed by atoms with Gasteiger partial charge in [-0.3, -0.25) is 4.79 Å². The molecule has 2 N–H and O–H groups in total. The van der Waals surface area contributed by atoms with E-state index in [1.807, 2.05) is 30.3 Å². The molecule has 3 aromatic rings. The highest BCUT2D eigenvalue weighted by atomic mass is 79.9. The van der Waals surface area contributed by atoms with Gasteiger partial charge in [-0.2, -0.15) is 5.26 Å². The second-order valence-corrected chi connectivity index (χ2v) is 7.38. The van der Waals surface area contributed by atoms with Crippen molar-refractivity contribution in [1.29, 1.82) is 5.26 Å². The number of carbonyl (C=O) groups is 2. The molecule has 0 unspecified atom stereocenters. The number of benzene rings is 3. The summed E-state index contributed by atoms with van der Waals surface area (Å²) in [7, 11) is 0. The van der Waals surface area contributed by atoms with Crippen LogP contribution in [0, 0.1) is 11.3 Å². The third-order valence-corrected chi connectivity index (χ3v) is 4.79. The van der Waals surface area contributed by atoms with Crippen molar-refractivity contribution < 1.29 is 19.4 Å². The Labute approximate surface area is 187 Å². The number of nitriles is 1. The van der Waals surface area contributed by atoms with E-state index in [0.717, 1.165) is 10.0 Å². The molecule has 0 radical (unpaired) electrons. The van der Waals surface area contributed by atoms with Crippen LogP contribution in [0.25, 0.3) is 6.08 Å². The Hall–Kier alpha value is -3.89. The van der Waals surface area contributed by atoms with Gasteiger partial charge in [-0.25, -0.2) is 4.79 Å². The molecule has 0 fully saturated rings. The van der Waals surface area contributed by atoms with E-state index in [0.29, 0.717) is 17.9 Å². The smallest absolute Gasteiger partial charge is 0.335 e. The van der Waals surface area contributed by atoms with Crippen molar-refractivity contribution in [3.8, 4) is 11.8 Å². The zero-order chi connectivity index (χ0) is 22.2. The predicted molar refractivity (Wildman–Crippen MR) is 121 cm³/mol. The number of nitrogens with zero attached hydrogens (tertiary/aromatic N) is 1. The van der Waals surface area contributed by atoms with Gasteiger partial charge >= 0.3 is 5.97 Å². The van der Waals surface area contributed by atoms with Gasteiger partial charge in [0.15, 0.2) is 0 Å². The Kier molecular flexibility index (Phi) is 7.20. The number of para-hydroxylation sites is 1. The Morgan fingerprint density at radius 2 is 1.81 bits per heavy atom. The average Bonchev–Trinajstić information content (AvgIpc) is 2.77. The van der Waals surface area contributed by atoms with Crippen LogP contribution in [-0.2, 0) is 11.4 Å². The molecule has 0 saturated heterocycles. The molecule has 3 rings (SSSR count). The number of carboxylic acid groups (broad SMARTS) is 1.